The van der Waals surface area contributed by atoms with E-state index in [2.05, 4.69) is 4.98 Å². The van der Waals surface area contributed by atoms with Crippen LogP contribution in [0.25, 0.3) is 16.6 Å². The number of hydrogen-bond donors (Lipinski definition) is 0. The zero-order valence-electron chi connectivity index (χ0n) is 18.0. The van der Waals surface area contributed by atoms with Crippen molar-refractivity contribution in [1.82, 2.24) is 9.38 Å². The van der Waals surface area contributed by atoms with Gasteiger partial charge in [-0.15, -0.1) is 0 Å². The first-order valence-corrected chi connectivity index (χ1v) is 10.1. The number of pyridine rings is 1. The molecule has 0 aliphatic heterocycles. The molecule has 0 saturated carbocycles. The Morgan fingerprint density at radius 1 is 1.16 bits per heavy atom. The number of aromatic nitrogens is 2. The van der Waals surface area contributed by atoms with Crippen molar-refractivity contribution in [3.63, 3.8) is 0 Å². The topological polar surface area (TPSA) is 100 Å². The Balaban J connectivity index is 1.46. The standard InChI is InChI=1S/C24H22N2O6/c1-14-5-4-10-26-21(27)11-16(25-23(14)26)13-31-22(28)9-8-19-15(2)18-7-6-17(30-3)12-20(18)32-24(19)29/h4-7,10-12H,8-9,13H2,1-3H3. The van der Waals surface area contributed by atoms with Crippen molar-refractivity contribution in [3.8, 4) is 5.75 Å². The van der Waals surface area contributed by atoms with Gasteiger partial charge in [0.1, 0.15) is 23.6 Å². The minimum atomic E-state index is -0.495. The van der Waals surface area contributed by atoms with E-state index in [1.54, 1.807) is 24.4 Å². The average molecular weight is 434 g/mol. The van der Waals surface area contributed by atoms with E-state index in [4.69, 9.17) is 13.9 Å². The van der Waals surface area contributed by atoms with Gasteiger partial charge in [-0.3, -0.25) is 14.0 Å². The second-order valence-electron chi connectivity index (χ2n) is 7.49. The van der Waals surface area contributed by atoms with Crippen LogP contribution in [0.4, 0.5) is 0 Å². The van der Waals surface area contributed by atoms with Crippen molar-refractivity contribution in [2.45, 2.75) is 33.3 Å². The molecule has 0 bridgehead atoms. The van der Waals surface area contributed by atoms with Crippen molar-refractivity contribution in [3.05, 3.63) is 85.8 Å². The minimum Gasteiger partial charge on any atom is -0.497 e. The van der Waals surface area contributed by atoms with E-state index in [1.807, 2.05) is 26.0 Å². The highest BCUT2D eigenvalue weighted by atomic mass is 16.5. The summed E-state index contributed by atoms with van der Waals surface area (Å²) in [5.41, 5.74) is 2.61. The van der Waals surface area contributed by atoms with E-state index < -0.39 is 11.6 Å². The van der Waals surface area contributed by atoms with Crippen molar-refractivity contribution in [2.75, 3.05) is 7.11 Å². The van der Waals surface area contributed by atoms with E-state index in [1.165, 1.54) is 17.6 Å². The van der Waals surface area contributed by atoms with Crippen LogP contribution in [-0.4, -0.2) is 22.5 Å². The molecular formula is C24H22N2O6. The third kappa shape index (κ3) is 4.12. The zero-order chi connectivity index (χ0) is 22.8. The quantitative estimate of drug-likeness (QED) is 0.340. The summed E-state index contributed by atoms with van der Waals surface area (Å²) in [6.45, 7) is 3.55. The van der Waals surface area contributed by atoms with Crippen molar-refractivity contribution in [1.29, 1.82) is 0 Å². The fourth-order valence-electron chi connectivity index (χ4n) is 3.63. The Kier molecular flexibility index (Phi) is 5.77. The molecule has 0 unspecified atom stereocenters. The maximum Gasteiger partial charge on any atom is 0.339 e. The van der Waals surface area contributed by atoms with Gasteiger partial charge in [-0.1, -0.05) is 6.07 Å². The molecule has 0 radical (unpaired) electrons. The van der Waals surface area contributed by atoms with Gasteiger partial charge in [0.05, 0.1) is 12.8 Å². The van der Waals surface area contributed by atoms with Gasteiger partial charge in [-0.2, -0.15) is 0 Å². The molecule has 0 aliphatic carbocycles. The molecule has 3 heterocycles. The number of ether oxygens (including phenoxy) is 2. The lowest BCUT2D eigenvalue weighted by Gasteiger charge is -2.09. The first kappa shape index (κ1) is 21.3. The van der Waals surface area contributed by atoms with Crippen LogP contribution in [0.15, 0.2) is 56.6 Å². The van der Waals surface area contributed by atoms with E-state index in [-0.39, 0.29) is 25.0 Å². The number of carbonyl (C=O) groups excluding carboxylic acids is 1. The van der Waals surface area contributed by atoms with E-state index in [9.17, 15) is 14.4 Å². The number of methoxy groups -OCH3 is 1. The maximum absolute atomic E-state index is 12.4. The third-order valence-electron chi connectivity index (χ3n) is 5.39. The summed E-state index contributed by atoms with van der Waals surface area (Å²) in [6, 6.07) is 10.2. The van der Waals surface area contributed by atoms with Gasteiger partial charge in [-0.25, -0.2) is 9.78 Å². The Hall–Kier alpha value is -3.94. The average Bonchev–Trinajstić information content (AvgIpc) is 2.77. The fourth-order valence-corrected chi connectivity index (χ4v) is 3.63. The first-order valence-electron chi connectivity index (χ1n) is 10.1. The monoisotopic (exact) mass is 434 g/mol. The SMILES string of the molecule is COc1ccc2c(C)c(CCC(=O)OCc3cc(=O)n4cccc(C)c4n3)c(=O)oc2c1. The largest absolute Gasteiger partial charge is 0.497 e. The second-order valence-corrected chi connectivity index (χ2v) is 7.49. The van der Waals surface area contributed by atoms with Crippen LogP contribution in [0.3, 0.4) is 0 Å². The molecule has 8 nitrogen and oxygen atoms in total. The summed E-state index contributed by atoms with van der Waals surface area (Å²) in [7, 11) is 1.54. The van der Waals surface area contributed by atoms with Crippen molar-refractivity contribution < 1.29 is 18.7 Å². The summed E-state index contributed by atoms with van der Waals surface area (Å²) in [4.78, 5) is 41.4. The summed E-state index contributed by atoms with van der Waals surface area (Å²) in [5.74, 6) is 0.0962. The van der Waals surface area contributed by atoms with Gasteiger partial charge in [0.15, 0.2) is 0 Å². The Bertz CT molecular complexity index is 1450. The van der Waals surface area contributed by atoms with Crippen LogP contribution in [0.5, 0.6) is 5.75 Å². The van der Waals surface area contributed by atoms with Gasteiger partial charge in [-0.05, 0) is 49.6 Å². The highest BCUT2D eigenvalue weighted by Crippen LogP contribution is 2.24. The molecule has 0 N–H and O–H groups in total. The Morgan fingerprint density at radius 3 is 2.75 bits per heavy atom. The van der Waals surface area contributed by atoms with Gasteiger partial charge >= 0.3 is 11.6 Å². The molecule has 0 aliphatic rings. The number of benzene rings is 1. The number of fused-ring (bicyclic) bond motifs is 2. The Labute approximate surface area is 183 Å². The normalized spacial score (nSPS) is 11.1. The van der Waals surface area contributed by atoms with Gasteiger partial charge in [0.25, 0.3) is 5.56 Å². The van der Waals surface area contributed by atoms with Gasteiger partial charge in [0, 0.05) is 35.7 Å². The fraction of sp³-hybridized carbons (Fsp3) is 0.250. The summed E-state index contributed by atoms with van der Waals surface area (Å²) in [5, 5.41) is 0.782. The number of nitrogens with zero attached hydrogens (tertiary/aromatic N) is 2. The third-order valence-corrected chi connectivity index (χ3v) is 5.39. The smallest absolute Gasteiger partial charge is 0.339 e. The molecule has 32 heavy (non-hydrogen) atoms. The highest BCUT2D eigenvalue weighted by Gasteiger charge is 2.15. The number of hydrogen-bond acceptors (Lipinski definition) is 7. The minimum absolute atomic E-state index is 0.00114. The number of carbonyl (C=O) groups is 1. The molecule has 0 amide bonds. The van der Waals surface area contributed by atoms with Crippen molar-refractivity contribution >= 4 is 22.6 Å². The lowest BCUT2D eigenvalue weighted by Crippen LogP contribution is -2.17. The zero-order valence-corrected chi connectivity index (χ0v) is 18.0. The molecule has 1 aromatic carbocycles. The van der Waals surface area contributed by atoms with Crippen LogP contribution in [0.2, 0.25) is 0 Å². The Morgan fingerprint density at radius 2 is 1.97 bits per heavy atom. The molecule has 0 spiro atoms. The molecule has 4 rings (SSSR count). The van der Waals surface area contributed by atoms with Crippen LogP contribution < -0.4 is 15.9 Å². The molecular weight excluding hydrogens is 412 g/mol. The number of rotatable bonds is 6. The van der Waals surface area contributed by atoms with Crippen LogP contribution in [0, 0.1) is 13.8 Å². The summed E-state index contributed by atoms with van der Waals surface area (Å²) >= 11 is 0. The van der Waals surface area contributed by atoms with E-state index in [0.29, 0.717) is 28.2 Å². The molecule has 164 valence electrons. The van der Waals surface area contributed by atoms with Gasteiger partial charge < -0.3 is 13.9 Å². The molecule has 0 saturated heterocycles. The number of aryl methyl sites for hydroxylation is 2. The van der Waals surface area contributed by atoms with Crippen LogP contribution in [-0.2, 0) is 22.6 Å². The predicted octanol–water partition coefficient (Wildman–Crippen LogP) is 3.10. The number of esters is 1. The van der Waals surface area contributed by atoms with E-state index in [0.717, 1.165) is 16.5 Å². The summed E-state index contributed by atoms with van der Waals surface area (Å²) in [6.07, 6.45) is 1.82. The van der Waals surface area contributed by atoms with Crippen LogP contribution >= 0.6 is 0 Å². The second kappa shape index (κ2) is 8.66. The van der Waals surface area contributed by atoms with Crippen LogP contribution in [0.1, 0.15) is 28.8 Å². The maximum atomic E-state index is 12.4. The summed E-state index contributed by atoms with van der Waals surface area (Å²) < 4.78 is 17.3. The lowest BCUT2D eigenvalue weighted by atomic mass is 10.0. The lowest BCUT2D eigenvalue weighted by molar-refractivity contribution is -0.145. The van der Waals surface area contributed by atoms with Crippen molar-refractivity contribution in [2.24, 2.45) is 0 Å². The van der Waals surface area contributed by atoms with Gasteiger partial charge in [0.2, 0.25) is 0 Å². The molecule has 3 aromatic heterocycles. The van der Waals surface area contributed by atoms with E-state index >= 15 is 0 Å². The molecule has 8 heteroatoms. The molecule has 0 atom stereocenters. The highest BCUT2D eigenvalue weighted by molar-refractivity contribution is 5.82. The first-order chi connectivity index (χ1) is 15.4. The molecule has 4 aromatic rings. The molecule has 0 fully saturated rings. The predicted molar refractivity (Wildman–Crippen MR) is 118 cm³/mol.